The van der Waals surface area contributed by atoms with Crippen molar-refractivity contribution >= 4 is 46.5 Å². The standard InChI is InChI=1S/C13H6Cl2F2N2S/c14-6-1-2-7(15)10(5-6)19-12-9(18-13(19)20)4-3-8(16)11(12)17/h1-5H,(H,18,20). The lowest BCUT2D eigenvalue weighted by molar-refractivity contribution is 0.514. The van der Waals surface area contributed by atoms with Crippen LogP contribution < -0.4 is 0 Å². The lowest BCUT2D eigenvalue weighted by Crippen LogP contribution is -1.98. The first-order chi connectivity index (χ1) is 9.49. The van der Waals surface area contributed by atoms with Gasteiger partial charge in [0.15, 0.2) is 16.4 Å². The zero-order valence-electron chi connectivity index (χ0n) is 9.75. The average Bonchev–Trinajstić information content (AvgIpc) is 2.74. The van der Waals surface area contributed by atoms with Gasteiger partial charge in [-0.05, 0) is 42.5 Å². The molecule has 0 amide bonds. The van der Waals surface area contributed by atoms with Crippen molar-refractivity contribution in [2.75, 3.05) is 0 Å². The molecule has 7 heteroatoms. The van der Waals surface area contributed by atoms with Gasteiger partial charge in [-0.2, -0.15) is 0 Å². The van der Waals surface area contributed by atoms with Crippen LogP contribution in [-0.4, -0.2) is 9.55 Å². The summed E-state index contributed by atoms with van der Waals surface area (Å²) in [4.78, 5) is 2.81. The van der Waals surface area contributed by atoms with E-state index >= 15 is 0 Å². The van der Waals surface area contributed by atoms with Crippen molar-refractivity contribution in [1.82, 2.24) is 9.55 Å². The lowest BCUT2D eigenvalue weighted by Gasteiger charge is -2.08. The first kappa shape index (κ1) is 13.5. The molecule has 0 unspecified atom stereocenters. The summed E-state index contributed by atoms with van der Waals surface area (Å²) in [5, 5.41) is 0.743. The van der Waals surface area contributed by atoms with Crippen molar-refractivity contribution in [1.29, 1.82) is 0 Å². The number of hydrogen-bond donors (Lipinski definition) is 1. The van der Waals surface area contributed by atoms with Crippen molar-refractivity contribution < 1.29 is 8.78 Å². The Labute approximate surface area is 127 Å². The number of rotatable bonds is 1. The number of aromatic amines is 1. The molecular formula is C13H6Cl2F2N2S. The predicted octanol–water partition coefficient (Wildman–Crippen LogP) is 5.27. The molecule has 0 spiro atoms. The van der Waals surface area contributed by atoms with Gasteiger partial charge in [-0.15, -0.1) is 0 Å². The molecule has 2 nitrogen and oxygen atoms in total. The summed E-state index contributed by atoms with van der Waals surface area (Å²) in [6, 6.07) is 7.16. The number of nitrogens with one attached hydrogen (secondary N) is 1. The molecule has 3 aromatic rings. The Morgan fingerprint density at radius 2 is 1.85 bits per heavy atom. The first-order valence-electron chi connectivity index (χ1n) is 5.53. The van der Waals surface area contributed by atoms with Gasteiger partial charge < -0.3 is 4.98 Å². The van der Waals surface area contributed by atoms with Gasteiger partial charge in [0, 0.05) is 5.02 Å². The van der Waals surface area contributed by atoms with Crippen LogP contribution in [0.2, 0.25) is 10.0 Å². The Hall–Kier alpha value is -1.43. The maximum Gasteiger partial charge on any atom is 0.184 e. The molecule has 0 bridgehead atoms. The maximum absolute atomic E-state index is 14.1. The van der Waals surface area contributed by atoms with E-state index in [1.165, 1.54) is 16.7 Å². The Morgan fingerprint density at radius 3 is 2.60 bits per heavy atom. The van der Waals surface area contributed by atoms with Crippen LogP contribution in [0.4, 0.5) is 8.78 Å². The van der Waals surface area contributed by atoms with Crippen molar-refractivity contribution in [2.24, 2.45) is 0 Å². The van der Waals surface area contributed by atoms with Crippen molar-refractivity contribution in [3.05, 3.63) is 56.8 Å². The van der Waals surface area contributed by atoms with Crippen molar-refractivity contribution in [3.63, 3.8) is 0 Å². The fourth-order valence-electron chi connectivity index (χ4n) is 2.02. The largest absolute Gasteiger partial charge is 0.330 e. The van der Waals surface area contributed by atoms with Crippen molar-refractivity contribution in [2.45, 2.75) is 0 Å². The quantitative estimate of drug-likeness (QED) is 0.602. The normalized spacial score (nSPS) is 11.2. The highest BCUT2D eigenvalue weighted by Gasteiger charge is 2.16. The van der Waals surface area contributed by atoms with Gasteiger partial charge in [0.2, 0.25) is 0 Å². The summed E-state index contributed by atoms with van der Waals surface area (Å²) in [5.74, 6) is -1.95. The van der Waals surface area contributed by atoms with Gasteiger partial charge in [0.25, 0.3) is 0 Å². The molecular weight excluding hydrogens is 325 g/mol. The summed E-state index contributed by atoms with van der Waals surface area (Å²) in [6.07, 6.45) is 0. The highest BCUT2D eigenvalue weighted by molar-refractivity contribution is 7.71. The highest BCUT2D eigenvalue weighted by atomic mass is 35.5. The molecule has 1 aromatic heterocycles. The number of fused-ring (bicyclic) bond motifs is 1. The monoisotopic (exact) mass is 330 g/mol. The van der Waals surface area contributed by atoms with Gasteiger partial charge in [-0.3, -0.25) is 4.57 Å². The molecule has 102 valence electrons. The third-order valence-electron chi connectivity index (χ3n) is 2.89. The van der Waals surface area contributed by atoms with Crippen LogP contribution in [0, 0.1) is 16.4 Å². The minimum Gasteiger partial charge on any atom is -0.330 e. The van der Waals surface area contributed by atoms with Gasteiger partial charge in [-0.1, -0.05) is 23.2 Å². The predicted molar refractivity (Wildman–Crippen MR) is 78.4 cm³/mol. The van der Waals surface area contributed by atoms with E-state index in [1.54, 1.807) is 12.1 Å². The topological polar surface area (TPSA) is 20.7 Å². The van der Waals surface area contributed by atoms with Crippen LogP contribution >= 0.6 is 35.4 Å². The number of hydrogen-bond acceptors (Lipinski definition) is 1. The zero-order valence-corrected chi connectivity index (χ0v) is 12.1. The van der Waals surface area contributed by atoms with E-state index in [0.717, 1.165) is 6.07 Å². The van der Waals surface area contributed by atoms with E-state index in [4.69, 9.17) is 35.4 Å². The Kier molecular flexibility index (Phi) is 3.28. The molecule has 0 aliphatic heterocycles. The van der Waals surface area contributed by atoms with Gasteiger partial charge in [-0.25, -0.2) is 8.78 Å². The van der Waals surface area contributed by atoms with Gasteiger partial charge in [0.1, 0.15) is 5.52 Å². The Morgan fingerprint density at radius 1 is 1.10 bits per heavy atom. The van der Waals surface area contributed by atoms with Crippen LogP contribution in [0.15, 0.2) is 30.3 Å². The molecule has 3 rings (SSSR count). The van der Waals surface area contributed by atoms with Crippen LogP contribution in [0.25, 0.3) is 16.7 Å². The first-order valence-corrected chi connectivity index (χ1v) is 6.69. The molecule has 0 aliphatic carbocycles. The van der Waals surface area contributed by atoms with Gasteiger partial charge >= 0.3 is 0 Å². The Bertz CT molecular complexity index is 886. The van der Waals surface area contributed by atoms with E-state index in [2.05, 4.69) is 4.98 Å². The van der Waals surface area contributed by atoms with E-state index in [1.807, 2.05) is 0 Å². The van der Waals surface area contributed by atoms with E-state index in [9.17, 15) is 8.78 Å². The molecule has 20 heavy (non-hydrogen) atoms. The second-order valence-corrected chi connectivity index (χ2v) is 5.35. The minimum absolute atomic E-state index is 0.000772. The molecule has 0 saturated heterocycles. The Balaban J connectivity index is 2.48. The maximum atomic E-state index is 14.1. The zero-order chi connectivity index (χ0) is 14.4. The summed E-state index contributed by atoms with van der Waals surface area (Å²) in [7, 11) is 0. The average molecular weight is 331 g/mol. The molecule has 1 N–H and O–H groups in total. The van der Waals surface area contributed by atoms with Crippen LogP contribution in [0.3, 0.4) is 0 Å². The smallest absolute Gasteiger partial charge is 0.184 e. The van der Waals surface area contributed by atoms with Gasteiger partial charge in [0.05, 0.1) is 16.2 Å². The second kappa shape index (κ2) is 4.84. The molecule has 2 aromatic carbocycles. The number of aromatic nitrogens is 2. The lowest BCUT2D eigenvalue weighted by atomic mass is 10.2. The third kappa shape index (κ3) is 2.02. The minimum atomic E-state index is -0.995. The highest BCUT2D eigenvalue weighted by Crippen LogP contribution is 2.29. The van der Waals surface area contributed by atoms with Crippen molar-refractivity contribution in [3.8, 4) is 5.69 Å². The van der Waals surface area contributed by atoms with E-state index in [0.29, 0.717) is 21.2 Å². The fourth-order valence-corrected chi connectivity index (χ4v) is 2.69. The number of halogens is 4. The summed E-state index contributed by atoms with van der Waals surface area (Å²) >= 11 is 17.2. The van der Waals surface area contributed by atoms with E-state index in [-0.39, 0.29) is 10.3 Å². The summed E-state index contributed by atoms with van der Waals surface area (Å²) in [5.41, 5.74) is 0.768. The number of benzene rings is 2. The van der Waals surface area contributed by atoms with Crippen LogP contribution in [0.5, 0.6) is 0 Å². The third-order valence-corrected chi connectivity index (χ3v) is 3.73. The summed E-state index contributed by atoms with van der Waals surface area (Å²) < 4.78 is 29.0. The van der Waals surface area contributed by atoms with E-state index < -0.39 is 11.6 Å². The molecule has 0 aliphatic rings. The fraction of sp³-hybridized carbons (Fsp3) is 0. The molecule has 0 fully saturated rings. The SMILES string of the molecule is Fc1ccc2[nH]c(=S)n(-c3cc(Cl)ccc3Cl)c2c1F. The number of nitrogens with zero attached hydrogens (tertiary/aromatic N) is 1. The van der Waals surface area contributed by atoms with Crippen LogP contribution in [-0.2, 0) is 0 Å². The molecule has 0 saturated carbocycles. The number of H-pyrrole nitrogens is 1. The molecule has 0 atom stereocenters. The molecule has 0 radical (unpaired) electrons. The number of imidazole rings is 1. The van der Waals surface area contributed by atoms with Crippen LogP contribution in [0.1, 0.15) is 0 Å². The summed E-state index contributed by atoms with van der Waals surface area (Å²) in [6.45, 7) is 0. The molecule has 1 heterocycles. The second-order valence-electron chi connectivity index (χ2n) is 4.12.